The fraction of sp³-hybridized carbons (Fsp3) is 0.136. The van der Waals surface area contributed by atoms with E-state index in [4.69, 9.17) is 4.74 Å². The minimum atomic E-state index is -3.87. The average Bonchev–Trinajstić information content (AvgIpc) is 2.75. The van der Waals surface area contributed by atoms with E-state index in [9.17, 15) is 13.2 Å². The van der Waals surface area contributed by atoms with Gasteiger partial charge in [-0.25, -0.2) is 8.42 Å². The summed E-state index contributed by atoms with van der Waals surface area (Å²) in [5.41, 5.74) is 1.24. The van der Waals surface area contributed by atoms with E-state index in [-0.39, 0.29) is 16.5 Å². The Bertz CT molecular complexity index is 1130. The highest BCUT2D eigenvalue weighted by Crippen LogP contribution is 2.31. The summed E-state index contributed by atoms with van der Waals surface area (Å²) in [6.45, 7) is 2.19. The molecular weight excluding hydrogens is 420 g/mol. The highest BCUT2D eigenvalue weighted by Gasteiger charge is 2.19. The van der Waals surface area contributed by atoms with Crippen molar-refractivity contribution < 1.29 is 17.9 Å². The van der Waals surface area contributed by atoms with Gasteiger partial charge < -0.3 is 10.1 Å². The van der Waals surface area contributed by atoms with Crippen LogP contribution in [0.4, 0.5) is 11.4 Å². The first-order valence-electron chi connectivity index (χ1n) is 9.23. The number of rotatable bonds is 8. The molecule has 156 valence electrons. The molecule has 0 aromatic heterocycles. The molecule has 1 amide bonds. The summed E-state index contributed by atoms with van der Waals surface area (Å²) in [6, 6.07) is 20.2. The number of ether oxygens (including phenoxy) is 1. The van der Waals surface area contributed by atoms with Gasteiger partial charge in [0.05, 0.1) is 22.9 Å². The summed E-state index contributed by atoms with van der Waals surface area (Å²) < 4.78 is 34.1. The molecule has 30 heavy (non-hydrogen) atoms. The van der Waals surface area contributed by atoms with Crippen LogP contribution >= 0.6 is 11.8 Å². The molecule has 3 aromatic carbocycles. The summed E-state index contributed by atoms with van der Waals surface area (Å²) >= 11 is 1.45. The molecule has 6 nitrogen and oxygen atoms in total. The van der Waals surface area contributed by atoms with Crippen molar-refractivity contribution in [3.8, 4) is 5.75 Å². The summed E-state index contributed by atoms with van der Waals surface area (Å²) in [5.74, 6) is 0.0389. The van der Waals surface area contributed by atoms with Gasteiger partial charge in [-0.15, -0.1) is 11.8 Å². The summed E-state index contributed by atoms with van der Waals surface area (Å²) in [5, 5.41) is 2.75. The van der Waals surface area contributed by atoms with E-state index >= 15 is 0 Å². The van der Waals surface area contributed by atoms with Crippen molar-refractivity contribution in [2.45, 2.75) is 16.7 Å². The molecule has 8 heteroatoms. The van der Waals surface area contributed by atoms with Gasteiger partial charge in [0.15, 0.2) is 0 Å². The molecule has 0 atom stereocenters. The smallest absolute Gasteiger partial charge is 0.262 e. The predicted molar refractivity (Wildman–Crippen MR) is 121 cm³/mol. The fourth-order valence-corrected chi connectivity index (χ4v) is 4.50. The first kappa shape index (κ1) is 21.7. The van der Waals surface area contributed by atoms with Gasteiger partial charge >= 0.3 is 0 Å². The van der Waals surface area contributed by atoms with Crippen molar-refractivity contribution in [3.63, 3.8) is 0 Å². The van der Waals surface area contributed by atoms with Gasteiger partial charge in [0.25, 0.3) is 15.9 Å². The van der Waals surface area contributed by atoms with Crippen molar-refractivity contribution >= 4 is 39.1 Å². The second kappa shape index (κ2) is 9.69. The Morgan fingerprint density at radius 1 is 0.967 bits per heavy atom. The lowest BCUT2D eigenvalue weighted by atomic mass is 10.2. The zero-order valence-electron chi connectivity index (χ0n) is 16.6. The normalized spacial score (nSPS) is 11.0. The lowest BCUT2D eigenvalue weighted by molar-refractivity contribution is 0.102. The third-order valence-electron chi connectivity index (χ3n) is 4.20. The lowest BCUT2D eigenvalue weighted by Crippen LogP contribution is -2.16. The van der Waals surface area contributed by atoms with E-state index in [2.05, 4.69) is 10.0 Å². The van der Waals surface area contributed by atoms with Crippen LogP contribution in [0.1, 0.15) is 17.3 Å². The number of hydrogen-bond donors (Lipinski definition) is 2. The minimum Gasteiger partial charge on any atom is -0.492 e. The number of carbonyl (C=O) groups excluding carboxylic acids is 1. The van der Waals surface area contributed by atoms with Crippen molar-refractivity contribution in [3.05, 3.63) is 78.4 Å². The monoisotopic (exact) mass is 442 g/mol. The molecule has 0 spiro atoms. The number of hydrogen-bond acceptors (Lipinski definition) is 5. The van der Waals surface area contributed by atoms with Crippen LogP contribution in [0.15, 0.2) is 82.6 Å². The van der Waals surface area contributed by atoms with E-state index in [1.807, 2.05) is 31.4 Å². The van der Waals surface area contributed by atoms with Gasteiger partial charge in [-0.05, 0) is 55.6 Å². The molecule has 0 unspecified atom stereocenters. The van der Waals surface area contributed by atoms with Gasteiger partial charge in [0.2, 0.25) is 0 Å². The molecule has 0 heterocycles. The summed E-state index contributed by atoms with van der Waals surface area (Å²) in [4.78, 5) is 13.4. The zero-order chi connectivity index (χ0) is 21.6. The van der Waals surface area contributed by atoms with E-state index in [0.717, 1.165) is 4.90 Å². The van der Waals surface area contributed by atoms with Crippen molar-refractivity contribution in [2.24, 2.45) is 0 Å². The number of thioether (sulfide) groups is 1. The second-order valence-corrected chi connectivity index (χ2v) is 8.75. The Morgan fingerprint density at radius 3 is 2.37 bits per heavy atom. The van der Waals surface area contributed by atoms with Crippen molar-refractivity contribution in [2.75, 3.05) is 22.9 Å². The van der Waals surface area contributed by atoms with Crippen LogP contribution in [0, 0.1) is 0 Å². The Morgan fingerprint density at radius 2 is 1.67 bits per heavy atom. The number of anilines is 2. The number of carbonyl (C=O) groups is 1. The molecule has 0 aliphatic rings. The zero-order valence-corrected chi connectivity index (χ0v) is 18.2. The first-order valence-corrected chi connectivity index (χ1v) is 11.9. The highest BCUT2D eigenvalue weighted by molar-refractivity contribution is 7.99. The van der Waals surface area contributed by atoms with E-state index in [1.54, 1.807) is 42.5 Å². The van der Waals surface area contributed by atoms with Crippen LogP contribution in [0.2, 0.25) is 0 Å². The van der Waals surface area contributed by atoms with E-state index < -0.39 is 10.0 Å². The van der Waals surface area contributed by atoms with Crippen LogP contribution in [0.3, 0.4) is 0 Å². The maximum Gasteiger partial charge on any atom is 0.262 e. The quantitative estimate of drug-likeness (QED) is 0.487. The fourth-order valence-electron chi connectivity index (χ4n) is 2.77. The molecule has 0 fully saturated rings. The number of amides is 1. The van der Waals surface area contributed by atoms with E-state index in [1.165, 1.54) is 23.9 Å². The molecule has 0 aliphatic carbocycles. The Hall–Kier alpha value is -2.97. The molecule has 2 N–H and O–H groups in total. The lowest BCUT2D eigenvalue weighted by Gasteiger charge is -2.15. The molecule has 0 saturated heterocycles. The number of para-hydroxylation sites is 1. The van der Waals surface area contributed by atoms with Crippen LogP contribution < -0.4 is 14.8 Å². The topological polar surface area (TPSA) is 84.5 Å². The van der Waals surface area contributed by atoms with Gasteiger partial charge in [0, 0.05) is 10.5 Å². The Kier molecular flexibility index (Phi) is 7.02. The first-order chi connectivity index (χ1) is 14.4. The van der Waals surface area contributed by atoms with Gasteiger partial charge in [0.1, 0.15) is 5.75 Å². The maximum absolute atomic E-state index is 13.0. The maximum atomic E-state index is 13.0. The third-order valence-corrected chi connectivity index (χ3v) is 6.36. The van der Waals surface area contributed by atoms with Crippen LogP contribution in [0.5, 0.6) is 5.75 Å². The van der Waals surface area contributed by atoms with Crippen molar-refractivity contribution in [1.29, 1.82) is 0 Å². The summed E-state index contributed by atoms with van der Waals surface area (Å²) in [7, 11) is -3.87. The minimum absolute atomic E-state index is 0.0187. The van der Waals surface area contributed by atoms with Crippen LogP contribution in [-0.2, 0) is 10.0 Å². The highest BCUT2D eigenvalue weighted by atomic mass is 32.2. The van der Waals surface area contributed by atoms with Gasteiger partial charge in [-0.3, -0.25) is 9.52 Å². The molecule has 0 saturated carbocycles. The largest absolute Gasteiger partial charge is 0.492 e. The van der Waals surface area contributed by atoms with Gasteiger partial charge in [-0.2, -0.15) is 0 Å². The molecule has 3 aromatic rings. The number of sulfonamides is 1. The molecule has 0 bridgehead atoms. The SMILES string of the molecule is CCOc1ccc(S(=O)(=O)Nc2ccccc2SC)cc1NC(=O)c1ccccc1. The van der Waals surface area contributed by atoms with Crippen molar-refractivity contribution in [1.82, 2.24) is 0 Å². The molecule has 0 aliphatic heterocycles. The standard InChI is InChI=1S/C22H22N2O4S2/c1-3-28-20-14-13-17(15-19(20)23-22(25)16-9-5-4-6-10-16)30(26,27)24-18-11-7-8-12-21(18)29-2/h4-15,24H,3H2,1-2H3,(H,23,25). The Balaban J connectivity index is 1.93. The molecular formula is C22H22N2O4S2. The van der Waals surface area contributed by atoms with E-state index in [0.29, 0.717) is 23.6 Å². The number of benzene rings is 3. The third kappa shape index (κ3) is 5.14. The number of nitrogens with one attached hydrogen (secondary N) is 2. The molecule has 3 rings (SSSR count). The Labute approximate surface area is 180 Å². The second-order valence-electron chi connectivity index (χ2n) is 6.22. The summed E-state index contributed by atoms with van der Waals surface area (Å²) in [6.07, 6.45) is 1.88. The average molecular weight is 443 g/mol. The van der Waals surface area contributed by atoms with Gasteiger partial charge in [-0.1, -0.05) is 30.3 Å². The predicted octanol–water partition coefficient (Wildman–Crippen LogP) is 4.86. The van der Waals surface area contributed by atoms with Crippen LogP contribution in [0.25, 0.3) is 0 Å². The van der Waals surface area contributed by atoms with Crippen LogP contribution in [-0.4, -0.2) is 27.2 Å². The molecule has 0 radical (unpaired) electrons.